The Kier molecular flexibility index (Phi) is 5.13. The van der Waals surface area contributed by atoms with Gasteiger partial charge >= 0.3 is 0 Å². The van der Waals surface area contributed by atoms with Gasteiger partial charge in [0.05, 0.1) is 28.2 Å². The average molecular weight is 377 g/mol. The monoisotopic (exact) mass is 377 g/mol. The van der Waals surface area contributed by atoms with Crippen LogP contribution in [0.2, 0.25) is 0 Å². The Morgan fingerprint density at radius 2 is 1.96 bits per heavy atom. The van der Waals surface area contributed by atoms with Crippen molar-refractivity contribution in [1.82, 2.24) is 14.5 Å². The second kappa shape index (κ2) is 7.19. The summed E-state index contributed by atoms with van der Waals surface area (Å²) in [6.07, 6.45) is 1.60. The molecule has 0 aliphatic carbocycles. The summed E-state index contributed by atoms with van der Waals surface area (Å²) in [5, 5.41) is 0.0603. The predicted octanol–water partition coefficient (Wildman–Crippen LogP) is 1.07. The summed E-state index contributed by atoms with van der Waals surface area (Å²) in [5.74, 6) is 0.0933. The molecule has 0 N–H and O–H groups in total. The molecule has 7 nitrogen and oxygen atoms in total. The number of carbonyl (C=O) groups excluding carboxylic acids is 1. The quantitative estimate of drug-likeness (QED) is 0.751. The van der Waals surface area contributed by atoms with Gasteiger partial charge in [-0.3, -0.25) is 14.2 Å². The van der Waals surface area contributed by atoms with E-state index in [2.05, 4.69) is 4.98 Å². The molecule has 0 bridgehead atoms. The number of benzene rings is 1. The lowest BCUT2D eigenvalue weighted by molar-refractivity contribution is -0.134. The minimum absolute atomic E-state index is 0.0806. The van der Waals surface area contributed by atoms with Gasteiger partial charge in [0.25, 0.3) is 5.56 Å². The second-order valence-electron chi connectivity index (χ2n) is 7.15. The molecule has 26 heavy (non-hydrogen) atoms. The summed E-state index contributed by atoms with van der Waals surface area (Å²) in [7, 11) is -3.15. The molecule has 1 aliphatic heterocycles. The van der Waals surface area contributed by atoms with E-state index in [0.717, 1.165) is 0 Å². The van der Waals surface area contributed by atoms with E-state index in [4.69, 9.17) is 0 Å². The Labute approximate surface area is 152 Å². The van der Waals surface area contributed by atoms with E-state index in [0.29, 0.717) is 10.9 Å². The first-order valence-electron chi connectivity index (χ1n) is 8.71. The van der Waals surface area contributed by atoms with Gasteiger partial charge in [-0.2, -0.15) is 0 Å². The van der Waals surface area contributed by atoms with Crippen molar-refractivity contribution in [1.29, 1.82) is 0 Å². The first-order valence-corrected chi connectivity index (χ1v) is 10.4. The SMILES string of the molecule is CC(C)CS(=O)(=O)C1CN(C(=O)CCn2cnc3ccccc3c2=O)C1. The van der Waals surface area contributed by atoms with E-state index in [1.165, 1.54) is 10.9 Å². The van der Waals surface area contributed by atoms with Crippen molar-refractivity contribution in [2.24, 2.45) is 5.92 Å². The van der Waals surface area contributed by atoms with Crippen LogP contribution in [0.5, 0.6) is 0 Å². The summed E-state index contributed by atoms with van der Waals surface area (Å²) in [6.45, 7) is 4.47. The molecule has 1 aromatic carbocycles. The summed E-state index contributed by atoms with van der Waals surface area (Å²) >= 11 is 0. The van der Waals surface area contributed by atoms with Crippen LogP contribution in [-0.2, 0) is 21.2 Å². The number of hydrogen-bond acceptors (Lipinski definition) is 5. The number of carbonyl (C=O) groups is 1. The van der Waals surface area contributed by atoms with Crippen LogP contribution in [0, 0.1) is 5.92 Å². The Morgan fingerprint density at radius 1 is 1.27 bits per heavy atom. The van der Waals surface area contributed by atoms with E-state index < -0.39 is 15.1 Å². The van der Waals surface area contributed by atoms with Crippen molar-refractivity contribution in [3.63, 3.8) is 0 Å². The second-order valence-corrected chi connectivity index (χ2v) is 9.48. The molecule has 3 rings (SSSR count). The fourth-order valence-electron chi connectivity index (χ4n) is 3.11. The third kappa shape index (κ3) is 3.80. The van der Waals surface area contributed by atoms with E-state index in [1.54, 1.807) is 23.1 Å². The molecule has 2 aromatic rings. The molecule has 0 radical (unpaired) electrons. The molecule has 0 spiro atoms. The number of hydrogen-bond donors (Lipinski definition) is 0. The van der Waals surface area contributed by atoms with E-state index in [9.17, 15) is 18.0 Å². The lowest BCUT2D eigenvalue weighted by Crippen LogP contribution is -2.57. The zero-order valence-corrected chi connectivity index (χ0v) is 15.8. The Balaban J connectivity index is 1.58. The molecule has 0 unspecified atom stereocenters. The van der Waals surface area contributed by atoms with Crippen LogP contribution >= 0.6 is 0 Å². The zero-order chi connectivity index (χ0) is 18.9. The maximum absolute atomic E-state index is 12.4. The van der Waals surface area contributed by atoms with Gasteiger partial charge in [-0.05, 0) is 18.1 Å². The summed E-state index contributed by atoms with van der Waals surface area (Å²) in [6, 6.07) is 7.07. The largest absolute Gasteiger partial charge is 0.340 e. The number of aryl methyl sites for hydroxylation is 1. The number of para-hydroxylation sites is 1. The third-order valence-corrected chi connectivity index (χ3v) is 7.02. The van der Waals surface area contributed by atoms with Gasteiger partial charge in [0, 0.05) is 26.1 Å². The number of amides is 1. The summed E-state index contributed by atoms with van der Waals surface area (Å²) in [4.78, 5) is 30.4. The predicted molar refractivity (Wildman–Crippen MR) is 99.6 cm³/mol. The van der Waals surface area contributed by atoms with Crippen LogP contribution in [0.4, 0.5) is 0 Å². The van der Waals surface area contributed by atoms with Gasteiger partial charge in [0.2, 0.25) is 5.91 Å². The van der Waals surface area contributed by atoms with Gasteiger partial charge < -0.3 is 4.90 Å². The number of nitrogens with zero attached hydrogens (tertiary/aromatic N) is 3. The Bertz CT molecular complexity index is 975. The number of fused-ring (bicyclic) bond motifs is 1. The molecular formula is C18H23N3O4S. The lowest BCUT2D eigenvalue weighted by Gasteiger charge is -2.39. The van der Waals surface area contributed by atoms with Crippen molar-refractivity contribution in [2.75, 3.05) is 18.8 Å². The van der Waals surface area contributed by atoms with Crippen molar-refractivity contribution >= 4 is 26.6 Å². The molecule has 2 heterocycles. The average Bonchev–Trinajstić information content (AvgIpc) is 2.51. The number of aromatic nitrogens is 2. The highest BCUT2D eigenvalue weighted by Crippen LogP contribution is 2.20. The minimum Gasteiger partial charge on any atom is -0.340 e. The highest BCUT2D eigenvalue weighted by Gasteiger charge is 2.39. The first-order chi connectivity index (χ1) is 12.3. The molecule has 0 atom stereocenters. The molecule has 1 fully saturated rings. The first kappa shape index (κ1) is 18.6. The fourth-order valence-corrected chi connectivity index (χ4v) is 5.12. The Hall–Kier alpha value is -2.22. The van der Waals surface area contributed by atoms with Gasteiger partial charge in [0.15, 0.2) is 9.84 Å². The van der Waals surface area contributed by atoms with E-state index >= 15 is 0 Å². The maximum atomic E-state index is 12.4. The van der Waals surface area contributed by atoms with Gasteiger partial charge in [-0.15, -0.1) is 0 Å². The smallest absolute Gasteiger partial charge is 0.261 e. The molecule has 0 saturated carbocycles. The standard InChI is InChI=1S/C18H23N3O4S/c1-13(2)11-26(24,25)14-9-21(10-14)17(22)7-8-20-12-19-16-6-4-3-5-15(16)18(20)23/h3-6,12-14H,7-11H2,1-2H3. The Morgan fingerprint density at radius 3 is 2.65 bits per heavy atom. The zero-order valence-electron chi connectivity index (χ0n) is 15.0. The number of likely N-dealkylation sites (tertiary alicyclic amines) is 1. The van der Waals surface area contributed by atoms with Crippen LogP contribution in [0.3, 0.4) is 0 Å². The van der Waals surface area contributed by atoms with E-state index in [-0.39, 0.29) is 49.2 Å². The highest BCUT2D eigenvalue weighted by atomic mass is 32.2. The number of rotatable bonds is 6. The maximum Gasteiger partial charge on any atom is 0.261 e. The molecular weight excluding hydrogens is 354 g/mol. The van der Waals surface area contributed by atoms with Crippen LogP contribution in [0.25, 0.3) is 10.9 Å². The molecule has 140 valence electrons. The van der Waals surface area contributed by atoms with Crippen LogP contribution in [0.15, 0.2) is 35.4 Å². The minimum atomic E-state index is -3.15. The molecule has 1 aromatic heterocycles. The topological polar surface area (TPSA) is 89.3 Å². The van der Waals surface area contributed by atoms with Crippen LogP contribution in [0.1, 0.15) is 20.3 Å². The molecule has 8 heteroatoms. The van der Waals surface area contributed by atoms with E-state index in [1.807, 2.05) is 19.9 Å². The van der Waals surface area contributed by atoms with Gasteiger partial charge in [0.1, 0.15) is 0 Å². The van der Waals surface area contributed by atoms with Crippen molar-refractivity contribution in [2.45, 2.75) is 32.1 Å². The summed E-state index contributed by atoms with van der Waals surface area (Å²) in [5.41, 5.74) is 0.449. The lowest BCUT2D eigenvalue weighted by atomic mass is 10.2. The van der Waals surface area contributed by atoms with Crippen LogP contribution < -0.4 is 5.56 Å². The third-order valence-electron chi connectivity index (χ3n) is 4.57. The fraction of sp³-hybridized carbons (Fsp3) is 0.500. The van der Waals surface area contributed by atoms with Crippen molar-refractivity contribution in [3.8, 4) is 0 Å². The van der Waals surface area contributed by atoms with Gasteiger partial charge in [-0.25, -0.2) is 13.4 Å². The molecule has 1 saturated heterocycles. The molecule has 1 amide bonds. The van der Waals surface area contributed by atoms with Gasteiger partial charge in [-0.1, -0.05) is 26.0 Å². The normalized spacial score (nSPS) is 15.4. The van der Waals surface area contributed by atoms with Crippen molar-refractivity contribution < 1.29 is 13.2 Å². The number of sulfone groups is 1. The molecule has 1 aliphatic rings. The highest BCUT2D eigenvalue weighted by molar-refractivity contribution is 7.92. The summed E-state index contributed by atoms with van der Waals surface area (Å²) < 4.78 is 25.7. The van der Waals surface area contributed by atoms with Crippen LogP contribution in [-0.4, -0.2) is 52.9 Å². The van der Waals surface area contributed by atoms with Crippen molar-refractivity contribution in [3.05, 3.63) is 40.9 Å².